The molecule has 0 spiro atoms. The summed E-state index contributed by atoms with van der Waals surface area (Å²) in [5.41, 5.74) is 3.07. The monoisotopic (exact) mass is 410 g/mol. The SMILES string of the molecule is CNC(=O)NC(=O)C(C)Sc1nc2ccccc2c(=O)n1-c1cc(C)cc(C)c1. The quantitative estimate of drug-likeness (QED) is 0.510. The van der Waals surface area contributed by atoms with E-state index in [1.165, 1.54) is 11.6 Å². The number of hydrogen-bond donors (Lipinski definition) is 2. The Labute approximate surface area is 172 Å². The van der Waals surface area contributed by atoms with Crippen molar-refractivity contribution in [3.05, 3.63) is 63.9 Å². The van der Waals surface area contributed by atoms with Gasteiger partial charge in [0.05, 0.1) is 21.8 Å². The van der Waals surface area contributed by atoms with Crippen LogP contribution < -0.4 is 16.2 Å². The van der Waals surface area contributed by atoms with E-state index in [1.54, 1.807) is 25.1 Å². The van der Waals surface area contributed by atoms with Crippen molar-refractivity contribution >= 4 is 34.6 Å². The van der Waals surface area contributed by atoms with Crippen LogP contribution in [-0.2, 0) is 4.79 Å². The minimum atomic E-state index is -0.641. The van der Waals surface area contributed by atoms with Gasteiger partial charge in [0.2, 0.25) is 5.91 Å². The number of thioether (sulfide) groups is 1. The molecule has 0 fully saturated rings. The maximum absolute atomic E-state index is 13.3. The van der Waals surface area contributed by atoms with Crippen LogP contribution >= 0.6 is 11.8 Å². The second-order valence-electron chi connectivity index (χ2n) is 6.73. The lowest BCUT2D eigenvalue weighted by molar-refractivity contribution is -0.119. The van der Waals surface area contributed by atoms with Crippen LogP contribution in [-0.4, -0.2) is 33.8 Å². The number of para-hydroxylation sites is 1. The highest BCUT2D eigenvalue weighted by Gasteiger charge is 2.21. The zero-order valence-corrected chi connectivity index (χ0v) is 17.5. The summed E-state index contributed by atoms with van der Waals surface area (Å²) in [6.45, 7) is 5.58. The van der Waals surface area contributed by atoms with E-state index in [2.05, 4.69) is 15.6 Å². The van der Waals surface area contributed by atoms with Crippen molar-refractivity contribution in [3.63, 3.8) is 0 Å². The lowest BCUT2D eigenvalue weighted by atomic mass is 10.1. The van der Waals surface area contributed by atoms with Gasteiger partial charge in [0, 0.05) is 7.05 Å². The Morgan fingerprint density at radius 1 is 1.10 bits per heavy atom. The number of urea groups is 1. The highest BCUT2D eigenvalue weighted by molar-refractivity contribution is 8.00. The third-order valence-electron chi connectivity index (χ3n) is 4.32. The van der Waals surface area contributed by atoms with Crippen molar-refractivity contribution in [2.45, 2.75) is 31.2 Å². The van der Waals surface area contributed by atoms with Crippen molar-refractivity contribution in [2.75, 3.05) is 7.05 Å². The smallest absolute Gasteiger partial charge is 0.321 e. The Kier molecular flexibility index (Phi) is 6.03. The number of amides is 3. The lowest BCUT2D eigenvalue weighted by Gasteiger charge is -2.17. The molecule has 3 rings (SSSR count). The summed E-state index contributed by atoms with van der Waals surface area (Å²) in [7, 11) is 1.43. The Morgan fingerprint density at radius 3 is 2.41 bits per heavy atom. The number of aromatic nitrogens is 2. The van der Waals surface area contributed by atoms with E-state index < -0.39 is 17.2 Å². The molecule has 2 aromatic carbocycles. The highest BCUT2D eigenvalue weighted by atomic mass is 32.2. The van der Waals surface area contributed by atoms with Crippen LogP contribution in [0.25, 0.3) is 16.6 Å². The maximum Gasteiger partial charge on any atom is 0.321 e. The van der Waals surface area contributed by atoms with Gasteiger partial charge in [0.25, 0.3) is 5.56 Å². The van der Waals surface area contributed by atoms with Crippen molar-refractivity contribution in [3.8, 4) is 5.69 Å². The number of carbonyl (C=O) groups excluding carboxylic acids is 2. The molecule has 150 valence electrons. The summed E-state index contributed by atoms with van der Waals surface area (Å²) >= 11 is 1.13. The van der Waals surface area contributed by atoms with Gasteiger partial charge < -0.3 is 5.32 Å². The van der Waals surface area contributed by atoms with Gasteiger partial charge in [0.15, 0.2) is 5.16 Å². The predicted molar refractivity (Wildman–Crippen MR) is 115 cm³/mol. The van der Waals surface area contributed by atoms with Gasteiger partial charge in [-0.3, -0.25) is 19.5 Å². The first-order chi connectivity index (χ1) is 13.8. The van der Waals surface area contributed by atoms with Gasteiger partial charge in [-0.05, 0) is 56.2 Å². The average molecular weight is 410 g/mol. The second kappa shape index (κ2) is 8.48. The minimum absolute atomic E-state index is 0.206. The highest BCUT2D eigenvalue weighted by Crippen LogP contribution is 2.26. The van der Waals surface area contributed by atoms with E-state index in [0.717, 1.165) is 22.9 Å². The molecular formula is C21H22N4O3S. The molecule has 1 atom stereocenters. The molecule has 29 heavy (non-hydrogen) atoms. The molecule has 7 nitrogen and oxygen atoms in total. The summed E-state index contributed by atoms with van der Waals surface area (Å²) in [4.78, 5) is 41.7. The van der Waals surface area contributed by atoms with Crippen molar-refractivity contribution in [1.29, 1.82) is 0 Å². The summed E-state index contributed by atoms with van der Waals surface area (Å²) in [5.74, 6) is -0.469. The molecule has 8 heteroatoms. The molecule has 2 N–H and O–H groups in total. The van der Waals surface area contributed by atoms with Crippen molar-refractivity contribution < 1.29 is 9.59 Å². The molecule has 0 aliphatic carbocycles. The van der Waals surface area contributed by atoms with Gasteiger partial charge in [0.1, 0.15) is 0 Å². The minimum Gasteiger partial charge on any atom is -0.341 e. The van der Waals surface area contributed by atoms with Crippen LogP contribution in [0, 0.1) is 13.8 Å². The Hall–Kier alpha value is -3.13. The molecule has 1 heterocycles. The van der Waals surface area contributed by atoms with Crippen LogP contribution in [0.4, 0.5) is 4.79 Å². The van der Waals surface area contributed by atoms with Gasteiger partial charge in [-0.2, -0.15) is 0 Å². The fourth-order valence-electron chi connectivity index (χ4n) is 2.99. The molecule has 1 aromatic heterocycles. The van der Waals surface area contributed by atoms with Crippen LogP contribution in [0.5, 0.6) is 0 Å². The molecule has 3 aromatic rings. The van der Waals surface area contributed by atoms with E-state index >= 15 is 0 Å². The molecule has 1 unspecified atom stereocenters. The number of nitrogens with zero attached hydrogens (tertiary/aromatic N) is 2. The number of hydrogen-bond acceptors (Lipinski definition) is 5. The molecule has 0 radical (unpaired) electrons. The molecule has 0 saturated heterocycles. The first-order valence-corrected chi connectivity index (χ1v) is 9.98. The molecule has 0 bridgehead atoms. The lowest BCUT2D eigenvalue weighted by Crippen LogP contribution is -2.41. The number of imide groups is 1. The number of benzene rings is 2. The number of rotatable bonds is 4. The third-order valence-corrected chi connectivity index (χ3v) is 5.38. The van der Waals surface area contributed by atoms with Crippen molar-refractivity contribution in [1.82, 2.24) is 20.2 Å². The fraction of sp³-hybridized carbons (Fsp3) is 0.238. The first kappa shape index (κ1) is 20.6. The third kappa shape index (κ3) is 4.48. The number of carbonyl (C=O) groups is 2. The summed E-state index contributed by atoms with van der Waals surface area (Å²) < 4.78 is 1.52. The Bertz CT molecular complexity index is 1140. The Morgan fingerprint density at radius 2 is 1.76 bits per heavy atom. The normalized spacial score (nSPS) is 11.9. The molecular weight excluding hydrogens is 388 g/mol. The van der Waals surface area contributed by atoms with E-state index in [1.807, 2.05) is 38.1 Å². The van der Waals surface area contributed by atoms with Crippen LogP contribution in [0.1, 0.15) is 18.1 Å². The van der Waals surface area contributed by atoms with Gasteiger partial charge in [-0.1, -0.05) is 30.0 Å². The predicted octanol–water partition coefficient (Wildman–Crippen LogP) is 2.94. The zero-order chi connectivity index (χ0) is 21.1. The average Bonchev–Trinajstić information content (AvgIpc) is 2.67. The van der Waals surface area contributed by atoms with Crippen LogP contribution in [0.3, 0.4) is 0 Å². The molecule has 0 aliphatic heterocycles. The van der Waals surface area contributed by atoms with E-state index in [4.69, 9.17) is 0 Å². The van der Waals surface area contributed by atoms with Gasteiger partial charge in [-0.15, -0.1) is 0 Å². The number of fused-ring (bicyclic) bond motifs is 1. The number of aryl methyl sites for hydroxylation is 2. The zero-order valence-electron chi connectivity index (χ0n) is 16.6. The standard InChI is InChI=1S/C21H22N4O3S/c1-12-9-13(2)11-15(10-12)25-19(27)16-7-5-6-8-17(16)23-21(25)29-14(3)18(26)24-20(28)22-4/h5-11,14H,1-4H3,(H2,22,24,26,28). The van der Waals surface area contributed by atoms with E-state index in [9.17, 15) is 14.4 Å². The fourth-order valence-corrected chi connectivity index (χ4v) is 3.91. The summed E-state index contributed by atoms with van der Waals surface area (Å²) in [5, 5.41) is 4.85. The van der Waals surface area contributed by atoms with E-state index in [0.29, 0.717) is 21.7 Å². The maximum atomic E-state index is 13.3. The Balaban J connectivity index is 2.13. The molecule has 0 aliphatic rings. The van der Waals surface area contributed by atoms with Crippen LogP contribution in [0.2, 0.25) is 0 Å². The number of nitrogens with one attached hydrogen (secondary N) is 2. The van der Waals surface area contributed by atoms with Gasteiger partial charge in [-0.25, -0.2) is 9.78 Å². The first-order valence-electron chi connectivity index (χ1n) is 9.10. The molecule has 3 amide bonds. The summed E-state index contributed by atoms with van der Waals surface area (Å²) in [6, 6.07) is 12.4. The topological polar surface area (TPSA) is 93.1 Å². The van der Waals surface area contributed by atoms with Crippen LogP contribution in [0.15, 0.2) is 52.4 Å². The summed E-state index contributed by atoms with van der Waals surface area (Å²) in [6.07, 6.45) is 0. The largest absolute Gasteiger partial charge is 0.341 e. The second-order valence-corrected chi connectivity index (χ2v) is 8.03. The van der Waals surface area contributed by atoms with E-state index in [-0.39, 0.29) is 5.56 Å². The van der Waals surface area contributed by atoms with Crippen molar-refractivity contribution in [2.24, 2.45) is 0 Å². The molecule has 0 saturated carbocycles. The van der Waals surface area contributed by atoms with Gasteiger partial charge >= 0.3 is 6.03 Å².